The van der Waals surface area contributed by atoms with Crippen LogP contribution in [0.4, 0.5) is 22.7 Å². The van der Waals surface area contributed by atoms with Gasteiger partial charge in [-0.25, -0.2) is 0 Å². The third-order valence-corrected chi connectivity index (χ3v) is 10.0. The van der Waals surface area contributed by atoms with Gasteiger partial charge in [-0.2, -0.15) is 0 Å². The standard InChI is InChI=1S/C47H33N3O/c1-4-13-32(14-5-1)33-23-26-37(27-24-33)49(38-28-30-43-40(31-38)39-20-10-11-21-42(39)50(43)36-18-8-3-9-19-36)44-22-12-17-34-25-29-41-46(45(34)44)51-47(48-41)35-15-6-2-7-16-35/h1-31,47-48H. The van der Waals surface area contributed by atoms with Gasteiger partial charge in [0.2, 0.25) is 0 Å². The van der Waals surface area contributed by atoms with Crippen molar-refractivity contribution in [3.05, 3.63) is 194 Å². The van der Waals surface area contributed by atoms with E-state index >= 15 is 0 Å². The average molecular weight is 656 g/mol. The third kappa shape index (κ3) is 4.92. The molecule has 51 heavy (non-hydrogen) atoms. The molecule has 0 spiro atoms. The zero-order valence-corrected chi connectivity index (χ0v) is 27.8. The van der Waals surface area contributed by atoms with Gasteiger partial charge in [0.15, 0.2) is 12.0 Å². The molecule has 0 amide bonds. The van der Waals surface area contributed by atoms with Crippen LogP contribution in [0.2, 0.25) is 0 Å². The summed E-state index contributed by atoms with van der Waals surface area (Å²) in [4.78, 5) is 2.38. The molecule has 0 saturated heterocycles. The van der Waals surface area contributed by atoms with Crippen LogP contribution in [0.5, 0.6) is 5.75 Å². The van der Waals surface area contributed by atoms with Crippen LogP contribution in [0.25, 0.3) is 49.4 Å². The Morgan fingerprint density at radius 3 is 1.98 bits per heavy atom. The quantitative estimate of drug-likeness (QED) is 0.193. The van der Waals surface area contributed by atoms with E-state index in [0.29, 0.717) is 0 Å². The number of hydrogen-bond donors (Lipinski definition) is 1. The molecule has 1 unspecified atom stereocenters. The molecule has 0 radical (unpaired) electrons. The predicted octanol–water partition coefficient (Wildman–Crippen LogP) is 12.6. The molecule has 242 valence electrons. The Hall–Kier alpha value is -6.78. The Labute approximate surface area is 296 Å². The molecular formula is C47H33N3O. The summed E-state index contributed by atoms with van der Waals surface area (Å²) in [7, 11) is 0. The lowest BCUT2D eigenvalue weighted by Gasteiger charge is -2.28. The van der Waals surface area contributed by atoms with E-state index < -0.39 is 0 Å². The highest BCUT2D eigenvalue weighted by Gasteiger charge is 2.28. The third-order valence-electron chi connectivity index (χ3n) is 10.0. The highest BCUT2D eigenvalue weighted by molar-refractivity contribution is 6.12. The number of fused-ring (bicyclic) bond motifs is 6. The zero-order valence-electron chi connectivity index (χ0n) is 27.8. The molecular weight excluding hydrogens is 623 g/mol. The van der Waals surface area contributed by atoms with Crippen molar-refractivity contribution in [1.82, 2.24) is 4.57 Å². The van der Waals surface area contributed by atoms with E-state index in [2.05, 4.69) is 197 Å². The van der Waals surface area contributed by atoms with Crippen LogP contribution >= 0.6 is 0 Å². The second kappa shape index (κ2) is 12.0. The molecule has 4 heteroatoms. The Balaban J connectivity index is 1.19. The molecule has 1 aliphatic rings. The van der Waals surface area contributed by atoms with E-state index in [1.807, 2.05) is 6.07 Å². The highest BCUT2D eigenvalue weighted by atomic mass is 16.5. The Kier molecular flexibility index (Phi) is 6.85. The summed E-state index contributed by atoms with van der Waals surface area (Å²) in [6, 6.07) is 66.8. The molecule has 1 atom stereocenters. The number of hydrogen-bond acceptors (Lipinski definition) is 3. The number of aromatic nitrogens is 1. The van der Waals surface area contributed by atoms with Gasteiger partial charge in [-0.3, -0.25) is 0 Å². The molecule has 0 bridgehead atoms. The predicted molar refractivity (Wildman–Crippen MR) is 212 cm³/mol. The van der Waals surface area contributed by atoms with Crippen molar-refractivity contribution in [2.45, 2.75) is 6.23 Å². The van der Waals surface area contributed by atoms with Crippen LogP contribution in [-0.4, -0.2) is 4.57 Å². The van der Waals surface area contributed by atoms with Crippen LogP contribution in [0.3, 0.4) is 0 Å². The maximum Gasteiger partial charge on any atom is 0.196 e. The summed E-state index contributed by atoms with van der Waals surface area (Å²) in [6.07, 6.45) is -0.265. The van der Waals surface area contributed by atoms with Gasteiger partial charge in [-0.1, -0.05) is 127 Å². The lowest BCUT2D eigenvalue weighted by molar-refractivity contribution is 0.262. The molecule has 9 aromatic rings. The molecule has 4 nitrogen and oxygen atoms in total. The first-order chi connectivity index (χ1) is 25.3. The molecule has 1 N–H and O–H groups in total. The van der Waals surface area contributed by atoms with Gasteiger partial charge in [0, 0.05) is 33.4 Å². The summed E-state index contributed by atoms with van der Waals surface area (Å²) in [5.74, 6) is 0.865. The van der Waals surface area contributed by atoms with E-state index in [-0.39, 0.29) is 6.23 Å². The number of anilines is 4. The number of benzene rings is 8. The van der Waals surface area contributed by atoms with Crippen LogP contribution in [-0.2, 0) is 0 Å². The van der Waals surface area contributed by atoms with E-state index in [1.54, 1.807) is 0 Å². The van der Waals surface area contributed by atoms with Gasteiger partial charge in [0.25, 0.3) is 0 Å². The van der Waals surface area contributed by atoms with Crippen molar-refractivity contribution >= 4 is 55.3 Å². The summed E-state index contributed by atoms with van der Waals surface area (Å²) in [5.41, 5.74) is 11.1. The number of para-hydroxylation sites is 2. The Bertz CT molecular complexity index is 2680. The van der Waals surface area contributed by atoms with Crippen molar-refractivity contribution in [2.24, 2.45) is 0 Å². The van der Waals surface area contributed by atoms with Gasteiger partial charge < -0.3 is 19.5 Å². The fraction of sp³-hybridized carbons (Fsp3) is 0.0213. The second-order valence-corrected chi connectivity index (χ2v) is 13.0. The second-order valence-electron chi connectivity index (χ2n) is 13.0. The van der Waals surface area contributed by atoms with E-state index in [1.165, 1.54) is 32.9 Å². The molecule has 0 aliphatic carbocycles. The minimum absolute atomic E-state index is 0.265. The van der Waals surface area contributed by atoms with Crippen molar-refractivity contribution < 1.29 is 4.74 Å². The van der Waals surface area contributed by atoms with Crippen LogP contribution in [0.15, 0.2) is 188 Å². The first-order valence-corrected chi connectivity index (χ1v) is 17.4. The number of nitrogens with one attached hydrogen (secondary N) is 1. The fourth-order valence-corrected chi connectivity index (χ4v) is 7.63. The molecule has 1 aromatic heterocycles. The summed E-state index contributed by atoms with van der Waals surface area (Å²) < 4.78 is 9.15. The topological polar surface area (TPSA) is 29.4 Å². The monoisotopic (exact) mass is 655 g/mol. The first kappa shape index (κ1) is 29.2. The highest BCUT2D eigenvalue weighted by Crippen LogP contribution is 2.50. The summed E-state index contributed by atoms with van der Waals surface area (Å²) in [5, 5.41) is 8.24. The summed E-state index contributed by atoms with van der Waals surface area (Å²) >= 11 is 0. The van der Waals surface area contributed by atoms with Gasteiger partial charge in [0.05, 0.1) is 27.8 Å². The lowest BCUT2D eigenvalue weighted by atomic mass is 10.0. The SMILES string of the molecule is c1ccc(-c2ccc(N(c3ccc4c(c3)c3ccccc3n4-c3ccccc3)c3cccc4ccc5c(c34)OC(c3ccccc3)N5)cc2)cc1. The van der Waals surface area contributed by atoms with Crippen molar-refractivity contribution in [3.8, 4) is 22.6 Å². The number of nitrogens with zero attached hydrogens (tertiary/aromatic N) is 2. The minimum atomic E-state index is -0.265. The lowest BCUT2D eigenvalue weighted by Crippen LogP contribution is -2.11. The number of ether oxygens (including phenoxy) is 1. The molecule has 1 aliphatic heterocycles. The van der Waals surface area contributed by atoms with E-state index in [9.17, 15) is 0 Å². The Morgan fingerprint density at radius 1 is 0.510 bits per heavy atom. The molecule has 8 aromatic carbocycles. The maximum atomic E-state index is 6.78. The summed E-state index contributed by atoms with van der Waals surface area (Å²) in [6.45, 7) is 0. The van der Waals surface area contributed by atoms with Gasteiger partial charge in [-0.05, 0) is 77.2 Å². The Morgan fingerprint density at radius 2 is 1.18 bits per heavy atom. The molecule has 2 heterocycles. The van der Waals surface area contributed by atoms with Crippen molar-refractivity contribution in [2.75, 3.05) is 10.2 Å². The number of rotatable bonds is 6. The van der Waals surface area contributed by atoms with Gasteiger partial charge >= 0.3 is 0 Å². The van der Waals surface area contributed by atoms with E-state index in [4.69, 9.17) is 4.74 Å². The van der Waals surface area contributed by atoms with Crippen LogP contribution < -0.4 is 15.0 Å². The van der Waals surface area contributed by atoms with Gasteiger partial charge in [0.1, 0.15) is 0 Å². The largest absolute Gasteiger partial charge is 0.464 e. The maximum absolute atomic E-state index is 6.78. The minimum Gasteiger partial charge on any atom is -0.464 e. The van der Waals surface area contributed by atoms with E-state index in [0.717, 1.165) is 50.5 Å². The van der Waals surface area contributed by atoms with Crippen molar-refractivity contribution in [3.63, 3.8) is 0 Å². The normalized spacial score (nSPS) is 13.6. The molecule has 10 rings (SSSR count). The molecule has 0 saturated carbocycles. The average Bonchev–Trinajstić information content (AvgIpc) is 3.79. The van der Waals surface area contributed by atoms with Crippen LogP contribution in [0.1, 0.15) is 11.8 Å². The van der Waals surface area contributed by atoms with Gasteiger partial charge in [-0.15, -0.1) is 0 Å². The van der Waals surface area contributed by atoms with Crippen LogP contribution in [0, 0.1) is 0 Å². The zero-order chi connectivity index (χ0) is 33.7. The van der Waals surface area contributed by atoms with Crippen molar-refractivity contribution in [1.29, 1.82) is 0 Å². The smallest absolute Gasteiger partial charge is 0.196 e. The molecule has 0 fully saturated rings. The first-order valence-electron chi connectivity index (χ1n) is 17.4. The fourth-order valence-electron chi connectivity index (χ4n) is 7.63.